The molecule has 0 bridgehead atoms. The van der Waals surface area contributed by atoms with Crippen molar-refractivity contribution in [1.82, 2.24) is 5.32 Å². The van der Waals surface area contributed by atoms with Crippen LogP contribution in [0.2, 0.25) is 0 Å². The topological polar surface area (TPSA) is 55.1 Å². The van der Waals surface area contributed by atoms with Crippen LogP contribution >= 0.6 is 0 Å². The van der Waals surface area contributed by atoms with E-state index in [2.05, 4.69) is 5.32 Å². The van der Waals surface area contributed by atoms with Gasteiger partial charge in [-0.3, -0.25) is 4.79 Å². The van der Waals surface area contributed by atoms with Crippen molar-refractivity contribution in [2.45, 2.75) is 31.2 Å². The second-order valence-corrected chi connectivity index (χ2v) is 3.36. The molecule has 3 nitrogen and oxygen atoms in total. The van der Waals surface area contributed by atoms with E-state index >= 15 is 0 Å². The van der Waals surface area contributed by atoms with Gasteiger partial charge in [0.05, 0.1) is 6.54 Å². The Bertz CT molecular complexity index is 241. The van der Waals surface area contributed by atoms with Crippen LogP contribution in [0.3, 0.4) is 0 Å². The third-order valence-electron chi connectivity index (χ3n) is 2.19. The fourth-order valence-electron chi connectivity index (χ4n) is 1.31. The SMILES string of the molecule is NCC(F)(F)C(=O)NC1CC=CCC1. The average Bonchev–Trinajstić information content (AvgIpc) is 2.19. The van der Waals surface area contributed by atoms with E-state index in [4.69, 9.17) is 5.73 Å². The number of allylic oxidation sites excluding steroid dienone is 1. The van der Waals surface area contributed by atoms with Crippen molar-refractivity contribution in [3.8, 4) is 0 Å². The third kappa shape index (κ3) is 2.77. The van der Waals surface area contributed by atoms with Crippen LogP contribution in [0.15, 0.2) is 12.2 Å². The molecule has 3 N–H and O–H groups in total. The molecule has 0 radical (unpaired) electrons. The van der Waals surface area contributed by atoms with E-state index in [0.29, 0.717) is 12.8 Å². The first kappa shape index (κ1) is 11.1. The van der Waals surface area contributed by atoms with Crippen LogP contribution in [0, 0.1) is 0 Å². The molecule has 0 saturated heterocycles. The highest BCUT2D eigenvalue weighted by atomic mass is 19.3. The predicted octanol–water partition coefficient (Wildman–Crippen LogP) is 0.805. The van der Waals surface area contributed by atoms with Gasteiger partial charge in [-0.25, -0.2) is 0 Å². The lowest BCUT2D eigenvalue weighted by Gasteiger charge is -2.22. The predicted molar refractivity (Wildman–Crippen MR) is 48.9 cm³/mol. The number of hydrogen-bond acceptors (Lipinski definition) is 2. The number of carbonyl (C=O) groups is 1. The monoisotopic (exact) mass is 204 g/mol. The molecule has 0 saturated carbocycles. The Kier molecular flexibility index (Phi) is 3.57. The molecule has 1 unspecified atom stereocenters. The molecule has 1 rings (SSSR count). The summed E-state index contributed by atoms with van der Waals surface area (Å²) >= 11 is 0. The minimum atomic E-state index is -3.44. The Balaban J connectivity index is 2.44. The minimum absolute atomic E-state index is 0.176. The summed E-state index contributed by atoms with van der Waals surface area (Å²) in [7, 11) is 0. The highest BCUT2D eigenvalue weighted by molar-refractivity contribution is 5.83. The van der Waals surface area contributed by atoms with Gasteiger partial charge >= 0.3 is 5.92 Å². The lowest BCUT2D eigenvalue weighted by atomic mass is 10.0. The van der Waals surface area contributed by atoms with Crippen LogP contribution in [-0.2, 0) is 4.79 Å². The highest BCUT2D eigenvalue weighted by Crippen LogP contribution is 2.15. The minimum Gasteiger partial charge on any atom is -0.348 e. The zero-order valence-electron chi connectivity index (χ0n) is 7.80. The molecule has 0 aromatic rings. The van der Waals surface area contributed by atoms with Gasteiger partial charge in [0.1, 0.15) is 0 Å². The Hall–Kier alpha value is -0.970. The molecule has 0 aromatic carbocycles. The van der Waals surface area contributed by atoms with Crippen LogP contribution in [0.25, 0.3) is 0 Å². The molecule has 0 aliphatic heterocycles. The number of carbonyl (C=O) groups excluding carboxylic acids is 1. The Labute approximate surface area is 81.3 Å². The molecule has 80 valence electrons. The van der Waals surface area contributed by atoms with Gasteiger partial charge in [-0.15, -0.1) is 0 Å². The van der Waals surface area contributed by atoms with Gasteiger partial charge in [0.2, 0.25) is 0 Å². The summed E-state index contributed by atoms with van der Waals surface area (Å²) in [6.45, 7) is -0.943. The maximum atomic E-state index is 12.7. The third-order valence-corrected chi connectivity index (χ3v) is 2.19. The van der Waals surface area contributed by atoms with Gasteiger partial charge in [-0.05, 0) is 19.3 Å². The lowest BCUT2D eigenvalue weighted by molar-refractivity contribution is -0.144. The zero-order chi connectivity index (χ0) is 10.6. The van der Waals surface area contributed by atoms with E-state index in [9.17, 15) is 13.6 Å². The summed E-state index contributed by atoms with van der Waals surface area (Å²) < 4.78 is 25.5. The van der Waals surface area contributed by atoms with E-state index in [1.807, 2.05) is 12.2 Å². The van der Waals surface area contributed by atoms with Gasteiger partial charge in [0.25, 0.3) is 5.91 Å². The molecular formula is C9H14F2N2O. The normalized spacial score (nSPS) is 22.1. The molecule has 0 fully saturated rings. The number of hydrogen-bond donors (Lipinski definition) is 2. The van der Waals surface area contributed by atoms with Gasteiger partial charge in [-0.2, -0.15) is 8.78 Å². The van der Waals surface area contributed by atoms with Crippen LogP contribution in [0.5, 0.6) is 0 Å². The lowest BCUT2D eigenvalue weighted by Crippen LogP contribution is -2.49. The molecule has 14 heavy (non-hydrogen) atoms. The molecule has 0 aromatic heterocycles. The summed E-state index contributed by atoms with van der Waals surface area (Å²) in [4.78, 5) is 11.0. The first-order chi connectivity index (χ1) is 6.56. The fraction of sp³-hybridized carbons (Fsp3) is 0.667. The quantitative estimate of drug-likeness (QED) is 0.668. The number of nitrogens with one attached hydrogen (secondary N) is 1. The first-order valence-electron chi connectivity index (χ1n) is 4.60. The smallest absolute Gasteiger partial charge is 0.336 e. The van der Waals surface area contributed by atoms with Crippen molar-refractivity contribution in [3.05, 3.63) is 12.2 Å². The molecular weight excluding hydrogens is 190 g/mol. The van der Waals surface area contributed by atoms with Crippen LogP contribution in [-0.4, -0.2) is 24.4 Å². The fourth-order valence-corrected chi connectivity index (χ4v) is 1.31. The van der Waals surface area contributed by atoms with Crippen LogP contribution in [0.1, 0.15) is 19.3 Å². The second kappa shape index (κ2) is 4.50. The van der Waals surface area contributed by atoms with Gasteiger partial charge in [0.15, 0.2) is 0 Å². The number of alkyl halides is 2. The van der Waals surface area contributed by atoms with Crippen molar-refractivity contribution in [1.29, 1.82) is 0 Å². The molecule has 1 aliphatic carbocycles. The second-order valence-electron chi connectivity index (χ2n) is 3.36. The first-order valence-corrected chi connectivity index (χ1v) is 4.60. The summed E-state index contributed by atoms with van der Waals surface area (Å²) in [5.74, 6) is -4.71. The van der Waals surface area contributed by atoms with E-state index in [1.54, 1.807) is 0 Å². The summed E-state index contributed by atoms with van der Waals surface area (Å²) in [5.41, 5.74) is 4.79. The molecule has 0 spiro atoms. The number of amides is 1. The molecule has 1 aliphatic rings. The van der Waals surface area contributed by atoms with Gasteiger partial charge < -0.3 is 11.1 Å². The van der Waals surface area contributed by atoms with E-state index in [0.717, 1.165) is 6.42 Å². The number of halogens is 2. The zero-order valence-corrected chi connectivity index (χ0v) is 7.80. The van der Waals surface area contributed by atoms with Crippen molar-refractivity contribution in [2.24, 2.45) is 5.73 Å². The number of rotatable bonds is 3. The molecule has 5 heteroatoms. The van der Waals surface area contributed by atoms with E-state index in [1.165, 1.54) is 0 Å². The average molecular weight is 204 g/mol. The van der Waals surface area contributed by atoms with Crippen molar-refractivity contribution in [3.63, 3.8) is 0 Å². The van der Waals surface area contributed by atoms with Crippen molar-refractivity contribution in [2.75, 3.05) is 6.54 Å². The van der Waals surface area contributed by atoms with Crippen molar-refractivity contribution >= 4 is 5.91 Å². The maximum Gasteiger partial charge on any atom is 0.336 e. The highest BCUT2D eigenvalue weighted by Gasteiger charge is 2.37. The Morgan fingerprint density at radius 2 is 2.29 bits per heavy atom. The van der Waals surface area contributed by atoms with Crippen LogP contribution < -0.4 is 11.1 Å². The number of nitrogens with two attached hydrogens (primary N) is 1. The maximum absolute atomic E-state index is 12.7. The van der Waals surface area contributed by atoms with Gasteiger partial charge in [0, 0.05) is 6.04 Å². The van der Waals surface area contributed by atoms with Crippen molar-refractivity contribution < 1.29 is 13.6 Å². The standard InChI is InChI=1S/C9H14F2N2O/c10-9(11,6-12)8(14)13-7-4-2-1-3-5-7/h1-2,7H,3-6,12H2,(H,13,14). The molecule has 1 amide bonds. The van der Waals surface area contributed by atoms with E-state index < -0.39 is 18.4 Å². The summed E-state index contributed by atoms with van der Waals surface area (Å²) in [5, 5.41) is 2.29. The summed E-state index contributed by atoms with van der Waals surface area (Å²) in [6, 6.07) is -0.176. The largest absolute Gasteiger partial charge is 0.348 e. The summed E-state index contributed by atoms with van der Waals surface area (Å²) in [6.07, 6.45) is 6.01. The Morgan fingerprint density at radius 3 is 2.79 bits per heavy atom. The Morgan fingerprint density at radius 1 is 1.57 bits per heavy atom. The van der Waals surface area contributed by atoms with Crippen LogP contribution in [0.4, 0.5) is 8.78 Å². The molecule has 0 heterocycles. The van der Waals surface area contributed by atoms with Gasteiger partial charge in [-0.1, -0.05) is 12.2 Å². The molecule has 1 atom stereocenters. The van der Waals surface area contributed by atoms with E-state index in [-0.39, 0.29) is 6.04 Å².